The highest BCUT2D eigenvalue weighted by Gasteiger charge is 2.15. The van der Waals surface area contributed by atoms with Crippen LogP contribution in [0.25, 0.3) is 0 Å². The molecule has 1 N–H and O–H groups in total. The van der Waals surface area contributed by atoms with Gasteiger partial charge in [0.1, 0.15) is 4.99 Å². The van der Waals surface area contributed by atoms with Crippen LogP contribution in [0.1, 0.15) is 18.4 Å². The van der Waals surface area contributed by atoms with E-state index in [0.29, 0.717) is 6.10 Å². The molecule has 1 aliphatic rings. The van der Waals surface area contributed by atoms with Crippen LogP contribution in [0.15, 0.2) is 24.3 Å². The first-order chi connectivity index (χ1) is 8.66. The smallest absolute Gasteiger partial charge is 0.106 e. The molecule has 1 atom stereocenters. The lowest BCUT2D eigenvalue weighted by Crippen LogP contribution is -2.31. The van der Waals surface area contributed by atoms with Gasteiger partial charge in [0.2, 0.25) is 0 Å². The Bertz CT molecular complexity index is 397. The van der Waals surface area contributed by atoms with E-state index in [1.54, 1.807) is 0 Å². The molecule has 1 aromatic rings. The van der Waals surface area contributed by atoms with E-state index in [0.717, 1.165) is 36.5 Å². The standard InChI is InChI=1S/C14H20N2OS/c1-16(2)12-7-5-11(6-8-12)14(18)15-10-13-4-3-9-17-13/h5-8,13H,3-4,9-10H2,1-2H3,(H,15,18)/t13-/m0/s1. The maximum Gasteiger partial charge on any atom is 0.106 e. The molecule has 1 aliphatic heterocycles. The van der Waals surface area contributed by atoms with Gasteiger partial charge in [-0.3, -0.25) is 0 Å². The molecule has 0 radical (unpaired) electrons. The van der Waals surface area contributed by atoms with Gasteiger partial charge in [-0.2, -0.15) is 0 Å². The number of nitrogens with zero attached hydrogens (tertiary/aromatic N) is 1. The Hall–Kier alpha value is -1.13. The van der Waals surface area contributed by atoms with Crippen molar-refractivity contribution in [3.8, 4) is 0 Å². The average molecular weight is 264 g/mol. The van der Waals surface area contributed by atoms with E-state index < -0.39 is 0 Å². The molecule has 3 nitrogen and oxygen atoms in total. The minimum absolute atomic E-state index is 0.323. The molecule has 1 heterocycles. The van der Waals surface area contributed by atoms with E-state index >= 15 is 0 Å². The molecule has 0 saturated carbocycles. The van der Waals surface area contributed by atoms with Crippen molar-refractivity contribution in [3.63, 3.8) is 0 Å². The minimum Gasteiger partial charge on any atom is -0.378 e. The Morgan fingerprint density at radius 3 is 2.67 bits per heavy atom. The van der Waals surface area contributed by atoms with Gasteiger partial charge in [0, 0.05) is 38.5 Å². The highest BCUT2D eigenvalue weighted by molar-refractivity contribution is 7.80. The SMILES string of the molecule is CN(C)c1ccc(C(=S)NC[C@@H]2CCCO2)cc1. The number of anilines is 1. The molecule has 0 amide bonds. The zero-order valence-electron chi connectivity index (χ0n) is 11.0. The van der Waals surface area contributed by atoms with Crippen LogP contribution in [0, 0.1) is 0 Å². The van der Waals surface area contributed by atoms with Gasteiger partial charge >= 0.3 is 0 Å². The molecule has 0 aliphatic carbocycles. The Morgan fingerprint density at radius 2 is 2.11 bits per heavy atom. The summed E-state index contributed by atoms with van der Waals surface area (Å²) in [6.07, 6.45) is 2.62. The fourth-order valence-corrected chi connectivity index (χ4v) is 2.24. The highest BCUT2D eigenvalue weighted by atomic mass is 32.1. The molecule has 1 fully saturated rings. The summed E-state index contributed by atoms with van der Waals surface area (Å²) < 4.78 is 5.56. The van der Waals surface area contributed by atoms with Gasteiger partial charge in [0.25, 0.3) is 0 Å². The van der Waals surface area contributed by atoms with Gasteiger partial charge < -0.3 is 15.0 Å². The molecule has 0 aromatic heterocycles. The molecule has 98 valence electrons. The topological polar surface area (TPSA) is 24.5 Å². The number of hydrogen-bond donors (Lipinski definition) is 1. The van der Waals surface area contributed by atoms with Crippen LogP contribution >= 0.6 is 12.2 Å². The van der Waals surface area contributed by atoms with E-state index in [-0.39, 0.29) is 0 Å². The van der Waals surface area contributed by atoms with Crippen LogP contribution in [0.5, 0.6) is 0 Å². The fraction of sp³-hybridized carbons (Fsp3) is 0.500. The van der Waals surface area contributed by atoms with Gasteiger partial charge in [0.15, 0.2) is 0 Å². The van der Waals surface area contributed by atoms with Crippen LogP contribution in [-0.2, 0) is 4.74 Å². The Morgan fingerprint density at radius 1 is 1.39 bits per heavy atom. The fourth-order valence-electron chi connectivity index (χ4n) is 2.02. The van der Waals surface area contributed by atoms with Crippen LogP contribution < -0.4 is 10.2 Å². The van der Waals surface area contributed by atoms with Crippen LogP contribution in [0.4, 0.5) is 5.69 Å². The van der Waals surface area contributed by atoms with Crippen molar-refractivity contribution in [1.82, 2.24) is 5.32 Å². The quantitative estimate of drug-likeness (QED) is 0.843. The number of hydrogen-bond acceptors (Lipinski definition) is 3. The maximum absolute atomic E-state index is 5.56. The second-order valence-electron chi connectivity index (χ2n) is 4.79. The Labute approximate surface area is 114 Å². The van der Waals surface area contributed by atoms with Crippen LogP contribution in [-0.4, -0.2) is 38.3 Å². The van der Waals surface area contributed by atoms with Crippen molar-refractivity contribution < 1.29 is 4.74 Å². The summed E-state index contributed by atoms with van der Waals surface area (Å²) in [7, 11) is 4.06. The van der Waals surface area contributed by atoms with Crippen molar-refractivity contribution in [2.75, 3.05) is 32.1 Å². The van der Waals surface area contributed by atoms with Gasteiger partial charge in [0.05, 0.1) is 6.10 Å². The third-order valence-electron chi connectivity index (χ3n) is 3.16. The number of benzene rings is 1. The molecule has 0 unspecified atom stereocenters. The summed E-state index contributed by atoms with van der Waals surface area (Å²) in [6.45, 7) is 1.70. The van der Waals surface area contributed by atoms with Crippen molar-refractivity contribution >= 4 is 22.9 Å². The van der Waals surface area contributed by atoms with Crippen molar-refractivity contribution in [1.29, 1.82) is 0 Å². The second kappa shape index (κ2) is 6.16. The summed E-state index contributed by atoms with van der Waals surface area (Å²) in [4.78, 5) is 2.88. The van der Waals surface area contributed by atoms with E-state index in [2.05, 4.69) is 34.5 Å². The second-order valence-corrected chi connectivity index (χ2v) is 5.19. The summed E-state index contributed by atoms with van der Waals surface area (Å²) in [5.74, 6) is 0. The number of ether oxygens (including phenoxy) is 1. The van der Waals surface area contributed by atoms with Gasteiger partial charge in [-0.05, 0) is 37.1 Å². The van der Waals surface area contributed by atoms with Crippen LogP contribution in [0.3, 0.4) is 0 Å². The van der Waals surface area contributed by atoms with Gasteiger partial charge in [-0.1, -0.05) is 12.2 Å². The van der Waals surface area contributed by atoms with Crippen molar-refractivity contribution in [2.24, 2.45) is 0 Å². The summed E-state index contributed by atoms with van der Waals surface area (Å²) in [5, 5.41) is 3.28. The van der Waals surface area contributed by atoms with E-state index in [1.807, 2.05) is 14.1 Å². The monoisotopic (exact) mass is 264 g/mol. The van der Waals surface area contributed by atoms with Crippen LogP contribution in [0.2, 0.25) is 0 Å². The number of nitrogens with one attached hydrogen (secondary N) is 1. The lowest BCUT2D eigenvalue weighted by atomic mass is 10.2. The lowest BCUT2D eigenvalue weighted by Gasteiger charge is -2.15. The van der Waals surface area contributed by atoms with E-state index in [4.69, 9.17) is 17.0 Å². The van der Waals surface area contributed by atoms with E-state index in [9.17, 15) is 0 Å². The Kier molecular flexibility index (Phi) is 4.55. The van der Waals surface area contributed by atoms with E-state index in [1.165, 1.54) is 5.69 Å². The first-order valence-electron chi connectivity index (χ1n) is 6.34. The first kappa shape index (κ1) is 13.3. The normalized spacial score (nSPS) is 18.7. The third-order valence-corrected chi connectivity index (χ3v) is 3.54. The van der Waals surface area contributed by atoms with Gasteiger partial charge in [-0.15, -0.1) is 0 Å². The predicted octanol–water partition coefficient (Wildman–Crippen LogP) is 2.20. The molecule has 0 bridgehead atoms. The molecule has 0 spiro atoms. The molecular formula is C14H20N2OS. The third kappa shape index (κ3) is 3.43. The van der Waals surface area contributed by atoms with Crippen molar-refractivity contribution in [2.45, 2.75) is 18.9 Å². The average Bonchev–Trinajstić information content (AvgIpc) is 2.89. The summed E-state index contributed by atoms with van der Waals surface area (Å²) in [5.41, 5.74) is 2.24. The molecule has 2 rings (SSSR count). The molecule has 1 aromatic carbocycles. The number of rotatable bonds is 4. The molecule has 18 heavy (non-hydrogen) atoms. The number of thiocarbonyl (C=S) groups is 1. The first-order valence-corrected chi connectivity index (χ1v) is 6.75. The lowest BCUT2D eigenvalue weighted by molar-refractivity contribution is 0.114. The summed E-state index contributed by atoms with van der Waals surface area (Å²) in [6, 6.07) is 8.27. The summed E-state index contributed by atoms with van der Waals surface area (Å²) >= 11 is 5.38. The Balaban J connectivity index is 1.87. The van der Waals surface area contributed by atoms with Crippen molar-refractivity contribution in [3.05, 3.63) is 29.8 Å². The zero-order valence-corrected chi connectivity index (χ0v) is 11.8. The molecule has 1 saturated heterocycles. The highest BCUT2D eigenvalue weighted by Crippen LogP contribution is 2.13. The molecular weight excluding hydrogens is 244 g/mol. The largest absolute Gasteiger partial charge is 0.378 e. The zero-order chi connectivity index (χ0) is 13.0. The molecule has 4 heteroatoms. The van der Waals surface area contributed by atoms with Gasteiger partial charge in [-0.25, -0.2) is 0 Å². The maximum atomic E-state index is 5.56. The predicted molar refractivity (Wildman–Crippen MR) is 79.4 cm³/mol. The minimum atomic E-state index is 0.323.